The minimum Gasteiger partial charge on any atom is -0.507 e. The van der Waals surface area contributed by atoms with Gasteiger partial charge < -0.3 is 25.2 Å². The summed E-state index contributed by atoms with van der Waals surface area (Å²) in [5.74, 6) is 5.04. The number of alkyl halides is 3. The Morgan fingerprint density at radius 2 is 1.00 bits per heavy atom. The second kappa shape index (κ2) is 23.3. The van der Waals surface area contributed by atoms with Gasteiger partial charge in [0, 0.05) is 23.0 Å². The largest absolute Gasteiger partial charge is 0.507 e. The number of nitrogens with one attached hydrogen (secondary N) is 4. The van der Waals surface area contributed by atoms with E-state index in [9.17, 15) is 31.8 Å². The first-order valence-electron chi connectivity index (χ1n) is 28.7. The summed E-state index contributed by atoms with van der Waals surface area (Å²) < 4.78 is 63.2. The summed E-state index contributed by atoms with van der Waals surface area (Å²) in [5, 5.41) is 25.8. The number of para-hydroxylation sites is 2. The number of fused-ring (bicyclic) bond motifs is 3. The van der Waals surface area contributed by atoms with Gasteiger partial charge in [-0.2, -0.15) is 21.6 Å². The molecule has 14 rings (SSSR count). The number of aliphatic hydroxyl groups is 1. The molecule has 9 aromatic carbocycles. The zero-order chi connectivity index (χ0) is 60.8. The van der Waals surface area contributed by atoms with Gasteiger partial charge in [-0.15, -0.1) is 0 Å². The van der Waals surface area contributed by atoms with Crippen molar-refractivity contribution in [3.8, 4) is 39.1 Å². The van der Waals surface area contributed by atoms with Gasteiger partial charge in [0.05, 0.1) is 50.0 Å². The maximum atomic E-state index is 12.7. The van der Waals surface area contributed by atoms with Crippen molar-refractivity contribution in [2.75, 3.05) is 4.72 Å². The molecule has 8 N–H and O–H groups in total. The van der Waals surface area contributed by atoms with E-state index < -0.39 is 27.6 Å². The first-order valence-corrected chi connectivity index (χ1v) is 30.2. The van der Waals surface area contributed by atoms with Crippen LogP contribution in [0.5, 0.6) is 5.75 Å². The Morgan fingerprint density at radius 3 is 1.52 bits per heavy atom. The van der Waals surface area contributed by atoms with Gasteiger partial charge in [-0.05, 0) is 164 Å². The fourth-order valence-electron chi connectivity index (χ4n) is 11.3. The van der Waals surface area contributed by atoms with E-state index in [1.54, 1.807) is 54.6 Å². The van der Waals surface area contributed by atoms with Gasteiger partial charge in [-0.1, -0.05) is 157 Å². The summed E-state index contributed by atoms with van der Waals surface area (Å²) in [4.78, 5) is 24.3. The van der Waals surface area contributed by atoms with E-state index in [0.29, 0.717) is 63.1 Å². The number of hydrogen-bond acceptors (Lipinski definition) is 7. The number of anilines is 1. The fraction of sp³-hybridized carbons (Fsp3) is 0.169. The lowest BCUT2D eigenvalue weighted by Gasteiger charge is -2.21. The van der Waals surface area contributed by atoms with Crippen molar-refractivity contribution in [1.82, 2.24) is 29.9 Å². The Hall–Kier alpha value is -9.61. The zero-order valence-electron chi connectivity index (χ0n) is 48.1. The summed E-state index contributed by atoms with van der Waals surface area (Å²) in [6.45, 7) is 7.91. The van der Waals surface area contributed by atoms with Crippen LogP contribution in [0.1, 0.15) is 107 Å². The van der Waals surface area contributed by atoms with E-state index in [1.807, 2.05) is 68.4 Å². The third kappa shape index (κ3) is 13.3. The molecule has 16 heteroatoms. The zero-order valence-corrected chi connectivity index (χ0v) is 48.9. The normalized spacial score (nSPS) is 16.6. The number of phenolic OH excluding ortho intramolecular Hbond substituents is 1. The first kappa shape index (κ1) is 57.8. The fourth-order valence-corrected chi connectivity index (χ4v) is 11.8. The summed E-state index contributed by atoms with van der Waals surface area (Å²) in [6, 6.07) is 62.7. The number of nitrogens with two attached hydrogens (primary N) is 1. The molecule has 3 heterocycles. The quantitative estimate of drug-likeness (QED) is 0.0631. The number of nitrogens with zero attached hydrogens (tertiary/aromatic N) is 3. The Bertz CT molecular complexity index is 4620. The third-order valence-electron chi connectivity index (χ3n) is 16.1. The van der Waals surface area contributed by atoms with Crippen LogP contribution in [0, 0.1) is 13.8 Å². The van der Waals surface area contributed by atoms with Gasteiger partial charge in [-0.25, -0.2) is 20.1 Å². The van der Waals surface area contributed by atoms with Crippen LogP contribution in [0.3, 0.4) is 0 Å². The number of aryl methyl sites for hydroxylation is 2. The van der Waals surface area contributed by atoms with E-state index in [1.165, 1.54) is 34.4 Å². The molecule has 3 aromatic heterocycles. The Morgan fingerprint density at radius 1 is 0.540 bits per heavy atom. The monoisotopic (exact) mass is 1180 g/mol. The van der Waals surface area contributed by atoms with Crippen molar-refractivity contribution in [3.05, 3.63) is 257 Å². The van der Waals surface area contributed by atoms with Crippen LogP contribution in [0.2, 0.25) is 0 Å². The predicted octanol–water partition coefficient (Wildman–Crippen LogP) is 16.6. The van der Waals surface area contributed by atoms with E-state index in [0.717, 1.165) is 92.1 Å². The summed E-state index contributed by atoms with van der Waals surface area (Å²) in [6.07, 6.45) is 1.25. The molecule has 0 spiro atoms. The van der Waals surface area contributed by atoms with Gasteiger partial charge in [0.25, 0.3) is 10.2 Å². The molecule has 12 aromatic rings. The Labute approximate surface area is 502 Å². The molecule has 4 atom stereocenters. The van der Waals surface area contributed by atoms with E-state index >= 15 is 0 Å². The smallest absolute Gasteiger partial charge is 0.416 e. The van der Waals surface area contributed by atoms with Crippen LogP contribution in [-0.2, 0) is 22.0 Å². The number of aromatic amines is 3. The minimum absolute atomic E-state index is 0.299. The molecule has 2 aliphatic rings. The number of rotatable bonds is 12. The van der Waals surface area contributed by atoms with Crippen molar-refractivity contribution in [2.24, 2.45) is 5.14 Å². The summed E-state index contributed by atoms with van der Waals surface area (Å²) in [5.41, 5.74) is 16.5. The van der Waals surface area contributed by atoms with Crippen molar-refractivity contribution < 1.29 is 31.8 Å². The molecule has 2 saturated carbocycles. The maximum Gasteiger partial charge on any atom is 0.416 e. The molecular weight excluding hydrogens is 1120 g/mol. The highest BCUT2D eigenvalue weighted by Crippen LogP contribution is 2.55. The van der Waals surface area contributed by atoms with Crippen LogP contribution in [0.15, 0.2) is 200 Å². The summed E-state index contributed by atoms with van der Waals surface area (Å²) in [7, 11) is -3.93. The van der Waals surface area contributed by atoms with Crippen LogP contribution in [0.25, 0.3) is 78.6 Å². The van der Waals surface area contributed by atoms with E-state index in [2.05, 4.69) is 117 Å². The highest BCUT2D eigenvalue weighted by molar-refractivity contribution is 7.90. The number of H-pyrrole nitrogens is 3. The molecule has 2 aliphatic carbocycles. The predicted molar refractivity (Wildman–Crippen MR) is 341 cm³/mol. The topological polar surface area (TPSA) is 199 Å². The SMILES string of the molecule is Cc1ccc(C2CC2c2nc3ccc(-c4ccccc4C(C)(C)O)cc3[nH]2)cc1.Cc1ccc(C2CC2c2nc3ccc(-c4ccccc4O)cc3[nH]2)cc1.NS(=O)(=O)Nc1ccccc1-c1ccc2nc(/C=C/c3ccc(C(F)(F)F)cc3)[nH]c2c1. The van der Waals surface area contributed by atoms with Crippen molar-refractivity contribution in [1.29, 1.82) is 0 Å². The van der Waals surface area contributed by atoms with Gasteiger partial charge >= 0.3 is 6.18 Å². The number of halogens is 3. The number of hydrogen-bond donors (Lipinski definition) is 7. The average Bonchev–Trinajstić information content (AvgIpc) is 2.04. The first-order chi connectivity index (χ1) is 41.7. The molecule has 0 radical (unpaired) electrons. The van der Waals surface area contributed by atoms with Crippen molar-refractivity contribution in [3.63, 3.8) is 0 Å². The molecule has 0 aliphatic heterocycles. The van der Waals surface area contributed by atoms with Gasteiger partial charge in [0.2, 0.25) is 0 Å². The lowest BCUT2D eigenvalue weighted by molar-refractivity contribution is -0.137. The Kier molecular flexibility index (Phi) is 15.5. The lowest BCUT2D eigenvalue weighted by Crippen LogP contribution is -2.22. The van der Waals surface area contributed by atoms with Crippen LogP contribution in [0.4, 0.5) is 18.9 Å². The molecule has 2 fully saturated rings. The van der Waals surface area contributed by atoms with Gasteiger partial charge in [0.15, 0.2) is 0 Å². The molecule has 438 valence electrons. The highest BCUT2D eigenvalue weighted by Gasteiger charge is 2.43. The van der Waals surface area contributed by atoms with E-state index in [4.69, 9.17) is 15.1 Å². The second-order valence-corrected chi connectivity index (χ2v) is 24.3. The molecule has 12 nitrogen and oxygen atoms in total. The van der Waals surface area contributed by atoms with Crippen LogP contribution < -0.4 is 9.86 Å². The molecule has 87 heavy (non-hydrogen) atoms. The van der Waals surface area contributed by atoms with Gasteiger partial charge in [0.1, 0.15) is 23.2 Å². The van der Waals surface area contributed by atoms with Crippen LogP contribution >= 0.6 is 0 Å². The van der Waals surface area contributed by atoms with Gasteiger partial charge in [-0.3, -0.25) is 4.72 Å². The van der Waals surface area contributed by atoms with Crippen molar-refractivity contribution >= 4 is 61.1 Å². The maximum absolute atomic E-state index is 12.7. The third-order valence-corrected chi connectivity index (χ3v) is 16.6. The lowest BCUT2D eigenvalue weighted by atomic mass is 9.89. The molecule has 0 bridgehead atoms. The van der Waals surface area contributed by atoms with E-state index in [-0.39, 0.29) is 0 Å². The number of phenols is 1. The minimum atomic E-state index is -4.37. The number of aromatic nitrogens is 6. The number of benzene rings is 9. The highest BCUT2D eigenvalue weighted by atomic mass is 32.2. The average molecular weight is 1180 g/mol. The second-order valence-electron chi connectivity index (χ2n) is 23.0. The standard InChI is InChI=1S/C26H26N2O.C23H20N2O.C22H17F3N4O2S/c1-16-8-10-17(11-9-16)20-15-21(20)25-27-23-13-12-18(14-24(23)28-25)19-6-4-5-7-22(19)26(2,3)29;1-14-6-8-15(9-7-14)18-13-19(18)23-24-20-11-10-16(12-21(20)25-23)17-4-2-3-5-22(17)26;23-22(24,25)16-9-5-14(6-10-16)7-12-21-27-19-11-8-15(13-20(19)28-21)17-3-1-2-4-18(17)29-32(26,30)31/h4-14,20-21,29H,15H2,1-3H3,(H,27,28);2-12,18-19,26H,13H2,1H3,(H,24,25);1-13,29H,(H,27,28)(H2,26,30,31)/b;;12-7+. The number of imidazole rings is 3. The van der Waals surface area contributed by atoms with Crippen LogP contribution in [-0.4, -0.2) is 48.5 Å². The van der Waals surface area contributed by atoms with Crippen molar-refractivity contribution in [2.45, 2.75) is 76.0 Å². The Balaban J connectivity index is 0.000000128. The molecule has 0 amide bonds. The molecular formula is C71H63F3N8O4S. The number of aromatic hydroxyl groups is 1. The molecule has 4 unspecified atom stereocenters. The molecule has 0 saturated heterocycles. The summed E-state index contributed by atoms with van der Waals surface area (Å²) >= 11 is 0.